The number of carbonyl (C=O) groups is 2. The molecule has 180 valence electrons. The Morgan fingerprint density at radius 2 is 1.66 bits per heavy atom. The SMILES string of the molecule is CCOc1ccc(Oc2ccnc(N(C)CCOc3ccc(C=C4NC(=O)SC4=O)cc3)n2)cc1. The molecule has 0 atom stereocenters. The first-order valence-electron chi connectivity index (χ1n) is 10.9. The van der Waals surface area contributed by atoms with E-state index in [1.165, 1.54) is 0 Å². The lowest BCUT2D eigenvalue weighted by Gasteiger charge is -2.18. The van der Waals surface area contributed by atoms with E-state index >= 15 is 0 Å². The molecule has 4 rings (SSSR count). The van der Waals surface area contributed by atoms with Crippen LogP contribution in [0.1, 0.15) is 12.5 Å². The maximum absolute atomic E-state index is 11.7. The normalized spacial score (nSPS) is 14.1. The summed E-state index contributed by atoms with van der Waals surface area (Å²) in [5.74, 6) is 3.07. The fourth-order valence-corrected chi connectivity index (χ4v) is 3.66. The summed E-state index contributed by atoms with van der Waals surface area (Å²) in [4.78, 5) is 33.6. The van der Waals surface area contributed by atoms with Gasteiger partial charge >= 0.3 is 0 Å². The van der Waals surface area contributed by atoms with Crippen molar-refractivity contribution in [3.8, 4) is 23.1 Å². The molecule has 3 aromatic rings. The molecule has 0 aliphatic carbocycles. The zero-order chi connectivity index (χ0) is 24.6. The number of aromatic nitrogens is 2. The van der Waals surface area contributed by atoms with E-state index in [4.69, 9.17) is 14.2 Å². The van der Waals surface area contributed by atoms with Gasteiger partial charge in [-0.1, -0.05) is 12.1 Å². The Kier molecular flexibility index (Phi) is 7.84. The summed E-state index contributed by atoms with van der Waals surface area (Å²) in [6.07, 6.45) is 3.28. The minimum atomic E-state index is -0.359. The molecular weight excluding hydrogens is 468 g/mol. The average molecular weight is 493 g/mol. The smallest absolute Gasteiger partial charge is 0.291 e. The average Bonchev–Trinajstić information content (AvgIpc) is 3.18. The van der Waals surface area contributed by atoms with Gasteiger partial charge in [0.25, 0.3) is 5.24 Å². The number of hydrogen-bond acceptors (Lipinski definition) is 9. The van der Waals surface area contributed by atoms with E-state index in [9.17, 15) is 9.59 Å². The van der Waals surface area contributed by atoms with E-state index in [0.29, 0.717) is 54.8 Å². The van der Waals surface area contributed by atoms with E-state index in [1.54, 1.807) is 18.3 Å². The van der Waals surface area contributed by atoms with Crippen LogP contribution in [0.3, 0.4) is 0 Å². The molecule has 35 heavy (non-hydrogen) atoms. The number of nitrogens with zero attached hydrogens (tertiary/aromatic N) is 3. The molecule has 10 heteroatoms. The molecular formula is C25H24N4O5S. The van der Waals surface area contributed by atoms with Crippen LogP contribution < -0.4 is 24.4 Å². The van der Waals surface area contributed by atoms with Crippen molar-refractivity contribution in [2.75, 3.05) is 31.7 Å². The molecule has 0 bridgehead atoms. The molecule has 0 saturated carbocycles. The number of carbonyl (C=O) groups excluding carboxylic acids is 2. The minimum absolute atomic E-state index is 0.282. The fraction of sp³-hybridized carbons (Fsp3) is 0.200. The predicted molar refractivity (Wildman–Crippen MR) is 134 cm³/mol. The monoisotopic (exact) mass is 492 g/mol. The van der Waals surface area contributed by atoms with E-state index < -0.39 is 0 Å². The molecule has 1 aromatic heterocycles. The van der Waals surface area contributed by atoms with Crippen molar-refractivity contribution in [1.82, 2.24) is 15.3 Å². The van der Waals surface area contributed by atoms with Crippen LogP contribution in [0.15, 0.2) is 66.5 Å². The molecule has 1 fully saturated rings. The Morgan fingerprint density at radius 1 is 0.971 bits per heavy atom. The first-order valence-corrected chi connectivity index (χ1v) is 11.7. The summed E-state index contributed by atoms with van der Waals surface area (Å²) in [5.41, 5.74) is 1.07. The first-order chi connectivity index (χ1) is 17.0. The minimum Gasteiger partial charge on any atom is -0.494 e. The molecule has 2 heterocycles. The number of anilines is 1. The number of thioether (sulfide) groups is 1. The van der Waals surface area contributed by atoms with Gasteiger partial charge in [0.1, 0.15) is 23.9 Å². The quantitative estimate of drug-likeness (QED) is 0.410. The Bertz CT molecular complexity index is 1220. The summed E-state index contributed by atoms with van der Waals surface area (Å²) < 4.78 is 17.1. The van der Waals surface area contributed by atoms with E-state index in [2.05, 4.69) is 15.3 Å². The molecule has 1 aliphatic heterocycles. The van der Waals surface area contributed by atoms with Gasteiger partial charge in [0.2, 0.25) is 16.9 Å². The van der Waals surface area contributed by atoms with Crippen molar-refractivity contribution in [2.45, 2.75) is 6.92 Å². The van der Waals surface area contributed by atoms with Crippen molar-refractivity contribution in [1.29, 1.82) is 0 Å². The number of rotatable bonds is 10. The van der Waals surface area contributed by atoms with E-state index in [1.807, 2.05) is 67.4 Å². The molecule has 0 unspecified atom stereocenters. The van der Waals surface area contributed by atoms with Crippen molar-refractivity contribution < 1.29 is 23.8 Å². The summed E-state index contributed by atoms with van der Waals surface area (Å²) in [7, 11) is 1.87. The lowest BCUT2D eigenvalue weighted by molar-refractivity contribution is -0.107. The number of likely N-dealkylation sites (N-methyl/N-ethyl adjacent to an activating group) is 1. The topological polar surface area (TPSA) is 103 Å². The summed E-state index contributed by atoms with van der Waals surface area (Å²) in [5, 5.41) is 1.88. The van der Waals surface area contributed by atoms with E-state index in [0.717, 1.165) is 11.3 Å². The van der Waals surface area contributed by atoms with Gasteiger partial charge in [-0.2, -0.15) is 4.98 Å². The summed E-state index contributed by atoms with van der Waals surface area (Å²) in [6, 6.07) is 16.3. The Morgan fingerprint density at radius 3 is 2.34 bits per heavy atom. The lowest BCUT2D eigenvalue weighted by atomic mass is 10.2. The van der Waals surface area contributed by atoms with Crippen molar-refractivity contribution in [2.24, 2.45) is 0 Å². The number of ether oxygens (including phenoxy) is 3. The summed E-state index contributed by atoms with van der Waals surface area (Å²) in [6.45, 7) is 3.51. The van der Waals surface area contributed by atoms with Crippen LogP contribution in [0.25, 0.3) is 6.08 Å². The molecule has 0 radical (unpaired) electrons. The van der Waals surface area contributed by atoms with Crippen LogP contribution in [0.4, 0.5) is 10.7 Å². The maximum atomic E-state index is 11.7. The third-order valence-electron chi connectivity index (χ3n) is 4.84. The Balaban J connectivity index is 1.28. The number of nitrogens with one attached hydrogen (secondary N) is 1. The first kappa shape index (κ1) is 24.1. The van der Waals surface area contributed by atoms with Gasteiger partial charge in [-0.05, 0) is 55.0 Å². The largest absolute Gasteiger partial charge is 0.494 e. The zero-order valence-corrected chi connectivity index (χ0v) is 20.1. The van der Waals surface area contributed by atoms with Crippen molar-refractivity contribution in [3.05, 3.63) is 72.1 Å². The van der Waals surface area contributed by atoms with Gasteiger partial charge in [0, 0.05) is 31.1 Å². The van der Waals surface area contributed by atoms with Crippen LogP contribution in [0.2, 0.25) is 0 Å². The summed E-state index contributed by atoms with van der Waals surface area (Å²) >= 11 is 0.657. The standard InChI is InChI=1S/C25H24N4O5S/c1-3-32-18-8-10-20(11-9-18)34-22-12-13-26-24(28-22)29(2)14-15-33-19-6-4-17(5-7-19)16-21-23(30)35-25(31)27-21/h4-13,16H,3,14-15H2,1-2H3,(H,27,31). The van der Waals surface area contributed by atoms with Gasteiger partial charge < -0.3 is 24.4 Å². The van der Waals surface area contributed by atoms with Gasteiger partial charge in [0.15, 0.2) is 0 Å². The van der Waals surface area contributed by atoms with Crippen LogP contribution in [-0.4, -0.2) is 47.1 Å². The number of amides is 1. The molecule has 2 aromatic carbocycles. The second-order valence-corrected chi connectivity index (χ2v) is 8.35. The highest BCUT2D eigenvalue weighted by molar-refractivity contribution is 8.27. The van der Waals surface area contributed by atoms with Crippen LogP contribution in [0, 0.1) is 0 Å². The number of hydrogen-bond donors (Lipinski definition) is 1. The van der Waals surface area contributed by atoms with Gasteiger partial charge in [0.05, 0.1) is 18.8 Å². The van der Waals surface area contributed by atoms with Gasteiger partial charge in [-0.3, -0.25) is 9.59 Å². The van der Waals surface area contributed by atoms with Crippen LogP contribution in [0.5, 0.6) is 23.1 Å². The highest BCUT2D eigenvalue weighted by Crippen LogP contribution is 2.24. The molecule has 0 spiro atoms. The molecule has 1 aliphatic rings. The third kappa shape index (κ3) is 6.73. The van der Waals surface area contributed by atoms with E-state index in [-0.39, 0.29) is 16.1 Å². The Hall–Kier alpha value is -4.05. The van der Waals surface area contributed by atoms with Crippen LogP contribution in [-0.2, 0) is 4.79 Å². The maximum Gasteiger partial charge on any atom is 0.291 e. The molecule has 1 saturated heterocycles. The molecule has 1 amide bonds. The fourth-order valence-electron chi connectivity index (χ4n) is 3.11. The van der Waals surface area contributed by atoms with Crippen LogP contribution >= 0.6 is 11.8 Å². The molecule has 9 nitrogen and oxygen atoms in total. The predicted octanol–water partition coefficient (Wildman–Crippen LogP) is 4.51. The number of benzene rings is 2. The Labute approximate surface area is 207 Å². The zero-order valence-electron chi connectivity index (χ0n) is 19.3. The second-order valence-electron chi connectivity index (χ2n) is 7.40. The third-order valence-corrected chi connectivity index (χ3v) is 5.54. The second kappa shape index (κ2) is 11.4. The lowest BCUT2D eigenvalue weighted by Crippen LogP contribution is -2.25. The van der Waals surface area contributed by atoms with Gasteiger partial charge in [-0.25, -0.2) is 4.98 Å². The molecule has 1 N–H and O–H groups in total. The van der Waals surface area contributed by atoms with Gasteiger partial charge in [-0.15, -0.1) is 0 Å². The highest BCUT2D eigenvalue weighted by Gasteiger charge is 2.25. The van der Waals surface area contributed by atoms with Crippen molar-refractivity contribution in [3.63, 3.8) is 0 Å². The van der Waals surface area contributed by atoms with Crippen molar-refractivity contribution >= 4 is 34.1 Å². The highest BCUT2D eigenvalue weighted by atomic mass is 32.2.